The minimum absolute atomic E-state index is 0.0649. The Morgan fingerprint density at radius 3 is 2.17 bits per heavy atom. The number of nitrogens with one attached hydrogen (secondary N) is 2. The summed E-state index contributed by atoms with van der Waals surface area (Å²) in [6.45, 7) is 8.00. The first-order chi connectivity index (χ1) is 8.36. The van der Waals surface area contributed by atoms with Gasteiger partial charge in [0.05, 0.1) is 0 Å². The van der Waals surface area contributed by atoms with E-state index < -0.39 is 18.0 Å². The lowest BCUT2D eigenvalue weighted by atomic mass is 10.0. The van der Waals surface area contributed by atoms with Gasteiger partial charge in [0.2, 0.25) is 0 Å². The van der Waals surface area contributed by atoms with E-state index in [1.807, 2.05) is 6.92 Å². The second-order valence-electron chi connectivity index (χ2n) is 5.14. The van der Waals surface area contributed by atoms with Crippen molar-refractivity contribution in [1.82, 2.24) is 10.6 Å². The highest BCUT2D eigenvalue weighted by molar-refractivity contribution is 5.82. The largest absolute Gasteiger partial charge is 0.480 e. The molecule has 0 aromatic rings. The van der Waals surface area contributed by atoms with Crippen molar-refractivity contribution in [2.45, 2.75) is 65.5 Å². The highest BCUT2D eigenvalue weighted by Crippen LogP contribution is 2.08. The number of amides is 2. The summed E-state index contributed by atoms with van der Waals surface area (Å²) in [6, 6.07) is -1.15. The molecule has 2 amide bonds. The molecule has 2 atom stereocenters. The fourth-order valence-electron chi connectivity index (χ4n) is 1.67. The third-order valence-corrected chi connectivity index (χ3v) is 2.81. The minimum Gasteiger partial charge on any atom is -0.480 e. The maximum absolute atomic E-state index is 11.5. The molecule has 5 nitrogen and oxygen atoms in total. The van der Waals surface area contributed by atoms with E-state index in [-0.39, 0.29) is 6.04 Å². The van der Waals surface area contributed by atoms with Gasteiger partial charge in [-0.15, -0.1) is 0 Å². The Hall–Kier alpha value is -1.26. The molecular formula is C13H26N2O3. The van der Waals surface area contributed by atoms with Crippen LogP contribution in [0.25, 0.3) is 0 Å². The lowest BCUT2D eigenvalue weighted by Gasteiger charge is -2.17. The van der Waals surface area contributed by atoms with Gasteiger partial charge in [0.15, 0.2) is 0 Å². The number of carboxylic acids is 1. The number of urea groups is 1. The van der Waals surface area contributed by atoms with Gasteiger partial charge in [0, 0.05) is 6.04 Å². The number of hydrogen-bond donors (Lipinski definition) is 3. The van der Waals surface area contributed by atoms with Crippen LogP contribution in [0.2, 0.25) is 0 Å². The second kappa shape index (κ2) is 8.78. The van der Waals surface area contributed by atoms with Crippen LogP contribution in [0.1, 0.15) is 53.4 Å². The molecule has 0 aromatic carbocycles. The molecule has 0 saturated heterocycles. The second-order valence-corrected chi connectivity index (χ2v) is 5.14. The van der Waals surface area contributed by atoms with Crippen molar-refractivity contribution in [3.63, 3.8) is 0 Å². The van der Waals surface area contributed by atoms with Crippen LogP contribution >= 0.6 is 0 Å². The summed E-state index contributed by atoms with van der Waals surface area (Å²) in [5.74, 6) is -0.331. The molecule has 18 heavy (non-hydrogen) atoms. The minimum atomic E-state index is -1.000. The molecule has 3 N–H and O–H groups in total. The maximum atomic E-state index is 11.5. The zero-order valence-corrected chi connectivity index (χ0v) is 11.8. The first kappa shape index (κ1) is 16.7. The Morgan fingerprint density at radius 2 is 1.72 bits per heavy atom. The molecule has 0 rings (SSSR count). The molecule has 0 radical (unpaired) electrons. The molecule has 0 spiro atoms. The zero-order valence-electron chi connectivity index (χ0n) is 11.8. The molecule has 0 aliphatic carbocycles. The molecule has 0 saturated carbocycles. The number of hydrogen-bond acceptors (Lipinski definition) is 2. The molecule has 0 bridgehead atoms. The van der Waals surface area contributed by atoms with Gasteiger partial charge in [-0.25, -0.2) is 9.59 Å². The van der Waals surface area contributed by atoms with Crippen molar-refractivity contribution in [3.8, 4) is 0 Å². The molecule has 106 valence electrons. The van der Waals surface area contributed by atoms with E-state index in [0.717, 1.165) is 19.3 Å². The topological polar surface area (TPSA) is 78.4 Å². The first-order valence-corrected chi connectivity index (χ1v) is 6.66. The van der Waals surface area contributed by atoms with Gasteiger partial charge in [0.25, 0.3) is 0 Å². The highest BCUT2D eigenvalue weighted by atomic mass is 16.4. The van der Waals surface area contributed by atoms with Crippen LogP contribution in [0.4, 0.5) is 4.79 Å². The van der Waals surface area contributed by atoms with Gasteiger partial charge in [-0.3, -0.25) is 0 Å². The van der Waals surface area contributed by atoms with Crippen molar-refractivity contribution in [1.29, 1.82) is 0 Å². The Bertz CT molecular complexity index is 267. The van der Waals surface area contributed by atoms with Crippen molar-refractivity contribution < 1.29 is 14.7 Å². The fourth-order valence-corrected chi connectivity index (χ4v) is 1.67. The van der Waals surface area contributed by atoms with E-state index in [4.69, 9.17) is 5.11 Å². The molecule has 0 aromatic heterocycles. The Labute approximate surface area is 109 Å². The molecule has 0 aliphatic rings. The quantitative estimate of drug-likeness (QED) is 0.625. The molecule has 0 heterocycles. The van der Waals surface area contributed by atoms with Gasteiger partial charge in [-0.2, -0.15) is 0 Å². The maximum Gasteiger partial charge on any atom is 0.326 e. The summed E-state index contributed by atoms with van der Waals surface area (Å²) in [5, 5.41) is 14.0. The lowest BCUT2D eigenvalue weighted by molar-refractivity contribution is -0.139. The number of aliphatic carboxylic acids is 1. The number of carbonyl (C=O) groups excluding carboxylic acids is 1. The SMILES string of the molecule is CCC(NC(=O)NC(C)CCCC(C)C)C(=O)O. The molecule has 2 unspecified atom stereocenters. The molecular weight excluding hydrogens is 232 g/mol. The summed E-state index contributed by atoms with van der Waals surface area (Å²) in [6.07, 6.45) is 3.50. The van der Waals surface area contributed by atoms with E-state index in [2.05, 4.69) is 24.5 Å². The summed E-state index contributed by atoms with van der Waals surface area (Å²) in [5.41, 5.74) is 0. The van der Waals surface area contributed by atoms with Crippen LogP contribution in [-0.2, 0) is 4.79 Å². The monoisotopic (exact) mass is 258 g/mol. The molecule has 0 fully saturated rings. The van der Waals surface area contributed by atoms with Crippen molar-refractivity contribution >= 4 is 12.0 Å². The average Bonchev–Trinajstić information content (AvgIpc) is 2.24. The first-order valence-electron chi connectivity index (χ1n) is 6.66. The third kappa shape index (κ3) is 7.92. The van der Waals surface area contributed by atoms with E-state index >= 15 is 0 Å². The summed E-state index contributed by atoms with van der Waals surface area (Å²) >= 11 is 0. The van der Waals surface area contributed by atoms with Gasteiger partial charge < -0.3 is 15.7 Å². The van der Waals surface area contributed by atoms with E-state index in [1.165, 1.54) is 0 Å². The Morgan fingerprint density at radius 1 is 1.11 bits per heavy atom. The zero-order chi connectivity index (χ0) is 14.1. The fraction of sp³-hybridized carbons (Fsp3) is 0.846. The van der Waals surface area contributed by atoms with Gasteiger partial charge in [-0.1, -0.05) is 33.6 Å². The predicted octanol–water partition coefficient (Wildman–Crippen LogP) is 2.36. The summed E-state index contributed by atoms with van der Waals surface area (Å²) in [4.78, 5) is 22.3. The smallest absolute Gasteiger partial charge is 0.326 e. The number of carboxylic acid groups (broad SMARTS) is 1. The lowest BCUT2D eigenvalue weighted by Crippen LogP contribution is -2.48. The van der Waals surface area contributed by atoms with Gasteiger partial charge in [0.1, 0.15) is 6.04 Å². The van der Waals surface area contributed by atoms with Crippen molar-refractivity contribution in [2.24, 2.45) is 5.92 Å². The van der Waals surface area contributed by atoms with Gasteiger partial charge in [-0.05, 0) is 25.7 Å². The standard InChI is InChI=1S/C13H26N2O3/c1-5-11(12(16)17)15-13(18)14-10(4)8-6-7-9(2)3/h9-11H,5-8H2,1-4H3,(H,16,17)(H2,14,15,18). The third-order valence-electron chi connectivity index (χ3n) is 2.81. The van der Waals surface area contributed by atoms with E-state index in [9.17, 15) is 9.59 Å². The predicted molar refractivity (Wildman–Crippen MR) is 71.5 cm³/mol. The molecule has 5 heteroatoms. The summed E-state index contributed by atoms with van der Waals surface area (Å²) in [7, 11) is 0. The average molecular weight is 258 g/mol. The van der Waals surface area contributed by atoms with Crippen LogP contribution in [0, 0.1) is 5.92 Å². The Balaban J connectivity index is 3.89. The number of rotatable bonds is 8. The Kier molecular flexibility index (Phi) is 8.16. The molecule has 0 aliphatic heterocycles. The van der Waals surface area contributed by atoms with Crippen LogP contribution < -0.4 is 10.6 Å². The normalized spacial score (nSPS) is 14.1. The van der Waals surface area contributed by atoms with Crippen LogP contribution in [0.5, 0.6) is 0 Å². The number of carbonyl (C=O) groups is 2. The van der Waals surface area contributed by atoms with Crippen molar-refractivity contribution in [3.05, 3.63) is 0 Å². The van der Waals surface area contributed by atoms with Gasteiger partial charge >= 0.3 is 12.0 Å². The van der Waals surface area contributed by atoms with Crippen LogP contribution in [0.3, 0.4) is 0 Å². The van der Waals surface area contributed by atoms with Crippen LogP contribution in [0.15, 0.2) is 0 Å². The highest BCUT2D eigenvalue weighted by Gasteiger charge is 2.18. The van der Waals surface area contributed by atoms with Crippen LogP contribution in [-0.4, -0.2) is 29.2 Å². The van der Waals surface area contributed by atoms with E-state index in [1.54, 1.807) is 6.92 Å². The van der Waals surface area contributed by atoms with Crippen molar-refractivity contribution in [2.75, 3.05) is 0 Å². The van der Waals surface area contributed by atoms with E-state index in [0.29, 0.717) is 12.3 Å². The summed E-state index contributed by atoms with van der Waals surface area (Å²) < 4.78 is 0.